The number of ketones is 1. The van der Waals surface area contributed by atoms with Crippen molar-refractivity contribution in [3.8, 4) is 0 Å². The van der Waals surface area contributed by atoms with Crippen molar-refractivity contribution in [2.75, 3.05) is 19.6 Å². The first-order valence-electron chi connectivity index (χ1n) is 6.41. The van der Waals surface area contributed by atoms with E-state index in [9.17, 15) is 4.79 Å². The zero-order valence-electron chi connectivity index (χ0n) is 10.6. The molecule has 0 saturated carbocycles. The molecule has 18 heavy (non-hydrogen) atoms. The Bertz CT molecular complexity index is 397. The maximum absolute atomic E-state index is 11.1. The summed E-state index contributed by atoms with van der Waals surface area (Å²) in [6.07, 6.45) is 2.43. The number of piperidine rings is 1. The van der Waals surface area contributed by atoms with Gasteiger partial charge in [0, 0.05) is 32.5 Å². The number of hydrogen-bond donors (Lipinski definition) is 1. The molecule has 4 heteroatoms. The minimum atomic E-state index is 0.397. The van der Waals surface area contributed by atoms with E-state index in [0.29, 0.717) is 25.2 Å². The lowest BCUT2D eigenvalue weighted by Gasteiger charge is -2.25. The van der Waals surface area contributed by atoms with Crippen molar-refractivity contribution < 1.29 is 9.63 Å². The van der Waals surface area contributed by atoms with Crippen molar-refractivity contribution in [2.24, 2.45) is 5.90 Å². The standard InChI is InChI=1S/C14H20N2O2/c15-18-11-13-3-1-2-12(10-13)4-7-16-8-5-14(17)6-9-16/h1-3,10H,4-9,11,15H2. The summed E-state index contributed by atoms with van der Waals surface area (Å²) >= 11 is 0. The third kappa shape index (κ3) is 3.91. The van der Waals surface area contributed by atoms with Crippen LogP contribution >= 0.6 is 0 Å². The molecule has 0 atom stereocenters. The maximum atomic E-state index is 11.1. The van der Waals surface area contributed by atoms with Gasteiger partial charge in [0.05, 0.1) is 6.61 Å². The monoisotopic (exact) mass is 248 g/mol. The molecule has 1 saturated heterocycles. The number of likely N-dealkylation sites (tertiary alicyclic amines) is 1. The molecule has 0 bridgehead atoms. The van der Waals surface area contributed by atoms with E-state index in [1.165, 1.54) is 5.56 Å². The van der Waals surface area contributed by atoms with E-state index < -0.39 is 0 Å². The number of rotatable bonds is 5. The molecule has 98 valence electrons. The molecule has 1 fully saturated rings. The van der Waals surface area contributed by atoms with Crippen LogP contribution in [0.4, 0.5) is 0 Å². The van der Waals surface area contributed by atoms with Gasteiger partial charge in [-0.1, -0.05) is 24.3 Å². The van der Waals surface area contributed by atoms with Crippen LogP contribution in [0.2, 0.25) is 0 Å². The average Bonchev–Trinajstić information content (AvgIpc) is 2.39. The largest absolute Gasteiger partial charge is 0.302 e. The van der Waals surface area contributed by atoms with E-state index in [4.69, 9.17) is 5.90 Å². The Balaban J connectivity index is 1.82. The van der Waals surface area contributed by atoms with Crippen molar-refractivity contribution >= 4 is 5.78 Å². The SMILES string of the molecule is NOCc1cccc(CCN2CCC(=O)CC2)c1. The molecule has 0 aliphatic carbocycles. The van der Waals surface area contributed by atoms with Gasteiger partial charge < -0.3 is 4.90 Å². The lowest BCUT2D eigenvalue weighted by molar-refractivity contribution is -0.121. The van der Waals surface area contributed by atoms with E-state index >= 15 is 0 Å². The summed E-state index contributed by atoms with van der Waals surface area (Å²) in [5, 5.41) is 0. The van der Waals surface area contributed by atoms with Crippen LogP contribution in [0.15, 0.2) is 24.3 Å². The van der Waals surface area contributed by atoms with Crippen LogP contribution in [0.25, 0.3) is 0 Å². The number of Topliss-reactive ketones (excluding diaryl/α,β-unsaturated/α-hetero) is 1. The van der Waals surface area contributed by atoms with Gasteiger partial charge in [-0.25, -0.2) is 5.90 Å². The molecule has 1 aliphatic rings. The molecule has 1 aromatic rings. The van der Waals surface area contributed by atoms with Gasteiger partial charge in [-0.2, -0.15) is 0 Å². The van der Waals surface area contributed by atoms with Gasteiger partial charge in [0.25, 0.3) is 0 Å². The highest BCUT2D eigenvalue weighted by Gasteiger charge is 2.15. The Hall–Kier alpha value is -1.23. The van der Waals surface area contributed by atoms with Gasteiger partial charge in [0.1, 0.15) is 5.78 Å². The molecule has 4 nitrogen and oxygen atoms in total. The highest BCUT2D eigenvalue weighted by atomic mass is 16.6. The molecule has 0 aromatic heterocycles. The molecule has 2 N–H and O–H groups in total. The van der Waals surface area contributed by atoms with Crippen LogP contribution in [0.3, 0.4) is 0 Å². The van der Waals surface area contributed by atoms with Gasteiger partial charge >= 0.3 is 0 Å². The first kappa shape index (κ1) is 13.2. The summed E-state index contributed by atoms with van der Waals surface area (Å²) < 4.78 is 0. The fraction of sp³-hybridized carbons (Fsp3) is 0.500. The van der Waals surface area contributed by atoms with Crippen LogP contribution < -0.4 is 5.90 Å². The number of hydrogen-bond acceptors (Lipinski definition) is 4. The molecule has 0 spiro atoms. The van der Waals surface area contributed by atoms with Gasteiger partial charge in [-0.05, 0) is 17.5 Å². The molecular formula is C14H20N2O2. The first-order chi connectivity index (χ1) is 8.78. The van der Waals surface area contributed by atoms with Crippen molar-refractivity contribution in [1.29, 1.82) is 0 Å². The molecule has 0 unspecified atom stereocenters. The molecular weight excluding hydrogens is 228 g/mol. The van der Waals surface area contributed by atoms with Crippen LogP contribution in [-0.2, 0) is 22.7 Å². The number of benzene rings is 1. The zero-order chi connectivity index (χ0) is 12.8. The Morgan fingerprint density at radius 2 is 1.94 bits per heavy atom. The zero-order valence-corrected chi connectivity index (χ0v) is 10.6. The Morgan fingerprint density at radius 1 is 1.22 bits per heavy atom. The van der Waals surface area contributed by atoms with Crippen molar-refractivity contribution in [3.63, 3.8) is 0 Å². The quantitative estimate of drug-likeness (QED) is 0.798. The van der Waals surface area contributed by atoms with Crippen LogP contribution in [0.5, 0.6) is 0 Å². The topological polar surface area (TPSA) is 55.6 Å². The van der Waals surface area contributed by atoms with Crippen molar-refractivity contribution in [3.05, 3.63) is 35.4 Å². The van der Waals surface area contributed by atoms with Gasteiger partial charge in [0.15, 0.2) is 0 Å². The van der Waals surface area contributed by atoms with Gasteiger partial charge in [-0.15, -0.1) is 0 Å². The Morgan fingerprint density at radius 3 is 2.67 bits per heavy atom. The number of carbonyl (C=O) groups is 1. The van der Waals surface area contributed by atoms with E-state index in [0.717, 1.165) is 31.6 Å². The summed E-state index contributed by atoms with van der Waals surface area (Å²) in [4.78, 5) is 18.1. The van der Waals surface area contributed by atoms with E-state index in [2.05, 4.69) is 21.9 Å². The number of carbonyl (C=O) groups excluding carboxylic acids is 1. The highest BCUT2D eigenvalue weighted by Crippen LogP contribution is 2.10. The van der Waals surface area contributed by atoms with Crippen molar-refractivity contribution in [2.45, 2.75) is 25.9 Å². The number of nitrogens with two attached hydrogens (primary N) is 1. The van der Waals surface area contributed by atoms with E-state index in [1.54, 1.807) is 0 Å². The minimum absolute atomic E-state index is 0.397. The van der Waals surface area contributed by atoms with Crippen LogP contribution in [0.1, 0.15) is 24.0 Å². The first-order valence-corrected chi connectivity index (χ1v) is 6.41. The molecule has 2 rings (SSSR count). The molecule has 1 aromatic carbocycles. The summed E-state index contributed by atoms with van der Waals surface area (Å²) in [5.74, 6) is 5.47. The fourth-order valence-corrected chi connectivity index (χ4v) is 2.28. The molecule has 0 radical (unpaired) electrons. The summed E-state index contributed by atoms with van der Waals surface area (Å²) in [5.41, 5.74) is 2.39. The normalized spacial score (nSPS) is 17.1. The fourth-order valence-electron chi connectivity index (χ4n) is 2.28. The second-order valence-corrected chi connectivity index (χ2v) is 4.76. The summed E-state index contributed by atoms with van der Waals surface area (Å²) in [6.45, 7) is 3.28. The third-order valence-corrected chi connectivity index (χ3v) is 3.37. The van der Waals surface area contributed by atoms with Crippen molar-refractivity contribution in [1.82, 2.24) is 4.90 Å². The van der Waals surface area contributed by atoms with Gasteiger partial charge in [0.2, 0.25) is 0 Å². The molecule has 0 amide bonds. The minimum Gasteiger partial charge on any atom is -0.302 e. The smallest absolute Gasteiger partial charge is 0.135 e. The third-order valence-electron chi connectivity index (χ3n) is 3.37. The van der Waals surface area contributed by atoms with E-state index in [1.807, 2.05) is 12.1 Å². The lowest BCUT2D eigenvalue weighted by atomic mass is 10.1. The maximum Gasteiger partial charge on any atom is 0.135 e. The Kier molecular flexibility index (Phi) is 4.87. The summed E-state index contributed by atoms with van der Waals surface area (Å²) in [7, 11) is 0. The Labute approximate surface area is 108 Å². The molecule has 1 heterocycles. The van der Waals surface area contributed by atoms with Gasteiger partial charge in [-0.3, -0.25) is 9.63 Å². The van der Waals surface area contributed by atoms with E-state index in [-0.39, 0.29) is 0 Å². The predicted octanol–water partition coefficient (Wildman–Crippen LogP) is 1.28. The average molecular weight is 248 g/mol. The predicted molar refractivity (Wildman–Crippen MR) is 69.8 cm³/mol. The number of nitrogens with zero attached hydrogens (tertiary/aromatic N) is 1. The second kappa shape index (κ2) is 6.64. The lowest BCUT2D eigenvalue weighted by Crippen LogP contribution is -2.35. The molecule has 1 aliphatic heterocycles. The second-order valence-electron chi connectivity index (χ2n) is 4.76. The summed E-state index contributed by atoms with van der Waals surface area (Å²) in [6, 6.07) is 8.29. The van der Waals surface area contributed by atoms with Crippen LogP contribution in [0, 0.1) is 0 Å². The van der Waals surface area contributed by atoms with Crippen LogP contribution in [-0.4, -0.2) is 30.3 Å². The highest BCUT2D eigenvalue weighted by molar-refractivity contribution is 5.79.